The van der Waals surface area contributed by atoms with Crippen molar-refractivity contribution in [2.24, 2.45) is 11.8 Å². The number of nitrogens with zero attached hydrogens (tertiary/aromatic N) is 1. The first-order valence-electron chi connectivity index (χ1n) is 6.56. The first-order chi connectivity index (χ1) is 7.69. The molecule has 1 aliphatic carbocycles. The molecule has 16 heavy (non-hydrogen) atoms. The van der Waals surface area contributed by atoms with E-state index >= 15 is 0 Å². The van der Waals surface area contributed by atoms with Gasteiger partial charge in [-0.15, -0.1) is 0 Å². The molecule has 0 aromatic rings. The van der Waals surface area contributed by atoms with Crippen molar-refractivity contribution in [3.05, 3.63) is 0 Å². The molecule has 0 amide bonds. The molecule has 0 heterocycles. The van der Waals surface area contributed by atoms with Gasteiger partial charge in [-0.1, -0.05) is 13.8 Å². The highest BCUT2D eigenvalue weighted by molar-refractivity contribution is 4.90. The zero-order chi connectivity index (χ0) is 12.0. The van der Waals surface area contributed by atoms with Gasteiger partial charge in [0.1, 0.15) is 0 Å². The first kappa shape index (κ1) is 13.9. The fourth-order valence-corrected chi connectivity index (χ4v) is 2.60. The molecule has 0 radical (unpaired) electrons. The van der Waals surface area contributed by atoms with Crippen LogP contribution in [-0.4, -0.2) is 51.3 Å². The monoisotopic (exact) mass is 228 g/mol. The Morgan fingerprint density at radius 1 is 1.38 bits per heavy atom. The number of hydrogen-bond acceptors (Lipinski definition) is 3. The topological polar surface area (TPSA) is 24.5 Å². The molecule has 0 aromatic carbocycles. The lowest BCUT2D eigenvalue weighted by atomic mass is 9.78. The van der Waals surface area contributed by atoms with Gasteiger partial charge in [-0.2, -0.15) is 0 Å². The predicted molar refractivity (Wildman–Crippen MR) is 68.7 cm³/mol. The van der Waals surface area contributed by atoms with Crippen LogP contribution in [0.2, 0.25) is 0 Å². The van der Waals surface area contributed by atoms with Crippen molar-refractivity contribution in [2.75, 3.05) is 40.4 Å². The molecule has 1 aliphatic rings. The Morgan fingerprint density at radius 3 is 2.56 bits per heavy atom. The molecule has 0 aliphatic heterocycles. The SMILES string of the molecule is CNCC1CCC1N(CCOC)CC(C)C. The van der Waals surface area contributed by atoms with E-state index in [2.05, 4.69) is 31.1 Å². The van der Waals surface area contributed by atoms with Crippen molar-refractivity contribution in [1.29, 1.82) is 0 Å². The third kappa shape index (κ3) is 4.04. The highest BCUT2D eigenvalue weighted by Crippen LogP contribution is 2.31. The summed E-state index contributed by atoms with van der Waals surface area (Å²) in [4.78, 5) is 2.62. The second-order valence-corrected chi connectivity index (χ2v) is 5.34. The predicted octanol–water partition coefficient (Wildman–Crippen LogP) is 1.59. The quantitative estimate of drug-likeness (QED) is 0.683. The maximum atomic E-state index is 5.21. The molecule has 0 saturated heterocycles. The molecule has 2 unspecified atom stereocenters. The standard InChI is InChI=1S/C13H28N2O/c1-11(2)10-15(7-8-16-4)13-6-5-12(13)9-14-3/h11-14H,5-10H2,1-4H3. The lowest BCUT2D eigenvalue weighted by Gasteiger charge is -2.45. The fraction of sp³-hybridized carbons (Fsp3) is 1.00. The van der Waals surface area contributed by atoms with E-state index in [1.165, 1.54) is 19.4 Å². The molecule has 0 bridgehead atoms. The second-order valence-electron chi connectivity index (χ2n) is 5.34. The van der Waals surface area contributed by atoms with Crippen LogP contribution in [0.25, 0.3) is 0 Å². The summed E-state index contributed by atoms with van der Waals surface area (Å²) in [5.74, 6) is 1.59. The Bertz CT molecular complexity index is 185. The van der Waals surface area contributed by atoms with E-state index < -0.39 is 0 Å². The molecular weight excluding hydrogens is 200 g/mol. The largest absolute Gasteiger partial charge is 0.383 e. The average molecular weight is 228 g/mol. The summed E-state index contributed by atoms with van der Waals surface area (Å²) in [6, 6.07) is 0.782. The Hall–Kier alpha value is -0.120. The molecule has 0 spiro atoms. The molecule has 1 fully saturated rings. The van der Waals surface area contributed by atoms with Crippen LogP contribution in [-0.2, 0) is 4.74 Å². The van der Waals surface area contributed by atoms with Gasteiger partial charge in [0.2, 0.25) is 0 Å². The van der Waals surface area contributed by atoms with Crippen molar-refractivity contribution in [2.45, 2.75) is 32.7 Å². The second kappa shape index (κ2) is 7.25. The molecular formula is C13H28N2O. The van der Waals surface area contributed by atoms with Crippen molar-refractivity contribution in [3.63, 3.8) is 0 Å². The average Bonchev–Trinajstić information content (AvgIpc) is 2.20. The Labute approximate surface area is 101 Å². The van der Waals surface area contributed by atoms with Crippen LogP contribution in [0.5, 0.6) is 0 Å². The fourth-order valence-electron chi connectivity index (χ4n) is 2.60. The van der Waals surface area contributed by atoms with Crippen LogP contribution in [0.4, 0.5) is 0 Å². The summed E-state index contributed by atoms with van der Waals surface area (Å²) in [6.45, 7) is 8.90. The maximum Gasteiger partial charge on any atom is 0.0589 e. The summed E-state index contributed by atoms with van der Waals surface area (Å²) in [7, 11) is 3.84. The lowest BCUT2D eigenvalue weighted by Crippen LogP contribution is -2.52. The zero-order valence-electron chi connectivity index (χ0n) is 11.3. The van der Waals surface area contributed by atoms with E-state index in [1.807, 2.05) is 0 Å². The van der Waals surface area contributed by atoms with E-state index in [0.717, 1.165) is 37.6 Å². The van der Waals surface area contributed by atoms with E-state index in [-0.39, 0.29) is 0 Å². The van der Waals surface area contributed by atoms with Gasteiger partial charge >= 0.3 is 0 Å². The van der Waals surface area contributed by atoms with Crippen molar-refractivity contribution < 1.29 is 4.74 Å². The summed E-state index contributed by atoms with van der Waals surface area (Å²) in [5, 5.41) is 3.31. The van der Waals surface area contributed by atoms with E-state index in [1.54, 1.807) is 7.11 Å². The maximum absolute atomic E-state index is 5.21. The van der Waals surface area contributed by atoms with Crippen molar-refractivity contribution in [3.8, 4) is 0 Å². The smallest absolute Gasteiger partial charge is 0.0589 e. The van der Waals surface area contributed by atoms with Crippen LogP contribution in [0.3, 0.4) is 0 Å². The Balaban J connectivity index is 2.40. The Morgan fingerprint density at radius 2 is 2.12 bits per heavy atom. The minimum Gasteiger partial charge on any atom is -0.383 e. The summed E-state index contributed by atoms with van der Waals surface area (Å²) in [6.07, 6.45) is 2.75. The molecule has 1 N–H and O–H groups in total. The highest BCUT2D eigenvalue weighted by Gasteiger charge is 2.34. The van der Waals surface area contributed by atoms with Gasteiger partial charge in [0.25, 0.3) is 0 Å². The molecule has 0 aromatic heterocycles. The van der Waals surface area contributed by atoms with Crippen LogP contribution in [0.15, 0.2) is 0 Å². The third-order valence-electron chi connectivity index (χ3n) is 3.49. The van der Waals surface area contributed by atoms with Crippen molar-refractivity contribution >= 4 is 0 Å². The first-order valence-corrected chi connectivity index (χ1v) is 6.56. The summed E-state index contributed by atoms with van der Waals surface area (Å²) in [5.41, 5.74) is 0. The number of nitrogens with one attached hydrogen (secondary N) is 1. The van der Waals surface area contributed by atoms with Gasteiger partial charge < -0.3 is 10.1 Å². The minimum atomic E-state index is 0.743. The van der Waals surface area contributed by atoms with E-state index in [9.17, 15) is 0 Å². The Kier molecular flexibility index (Phi) is 6.32. The summed E-state index contributed by atoms with van der Waals surface area (Å²) < 4.78 is 5.21. The molecule has 1 saturated carbocycles. The van der Waals surface area contributed by atoms with E-state index in [4.69, 9.17) is 4.74 Å². The number of rotatable bonds is 8. The lowest BCUT2D eigenvalue weighted by molar-refractivity contribution is 0.0329. The summed E-state index contributed by atoms with van der Waals surface area (Å²) >= 11 is 0. The van der Waals surface area contributed by atoms with Crippen molar-refractivity contribution in [1.82, 2.24) is 10.2 Å². The van der Waals surface area contributed by atoms with Gasteiger partial charge in [0.05, 0.1) is 6.61 Å². The van der Waals surface area contributed by atoms with Gasteiger partial charge in [-0.3, -0.25) is 4.90 Å². The zero-order valence-corrected chi connectivity index (χ0v) is 11.3. The van der Waals surface area contributed by atoms with Gasteiger partial charge in [-0.25, -0.2) is 0 Å². The van der Waals surface area contributed by atoms with Crippen LogP contribution < -0.4 is 5.32 Å². The molecule has 1 rings (SSSR count). The molecule has 3 nitrogen and oxygen atoms in total. The van der Waals surface area contributed by atoms with Crippen LogP contribution in [0, 0.1) is 11.8 Å². The van der Waals surface area contributed by atoms with Gasteiger partial charge in [0.15, 0.2) is 0 Å². The van der Waals surface area contributed by atoms with Gasteiger partial charge in [0, 0.05) is 26.2 Å². The van der Waals surface area contributed by atoms with E-state index in [0.29, 0.717) is 0 Å². The van der Waals surface area contributed by atoms with Gasteiger partial charge in [-0.05, 0) is 38.3 Å². The number of ether oxygens (including phenoxy) is 1. The third-order valence-corrected chi connectivity index (χ3v) is 3.49. The molecule has 2 atom stereocenters. The van der Waals surface area contributed by atoms with Crippen LogP contribution in [0.1, 0.15) is 26.7 Å². The van der Waals surface area contributed by atoms with Crippen LogP contribution >= 0.6 is 0 Å². The number of hydrogen-bond donors (Lipinski definition) is 1. The normalized spacial score (nSPS) is 25.1. The molecule has 3 heteroatoms. The number of methoxy groups -OCH3 is 1. The highest BCUT2D eigenvalue weighted by atomic mass is 16.5. The minimum absolute atomic E-state index is 0.743. The molecule has 96 valence electrons.